The zero-order valence-electron chi connectivity index (χ0n) is 12.6. The third kappa shape index (κ3) is 4.88. The number of rotatable bonds is 6. The van der Waals surface area contributed by atoms with E-state index < -0.39 is 10.0 Å². The van der Waals surface area contributed by atoms with E-state index in [1.165, 1.54) is 0 Å². The Labute approximate surface area is 130 Å². The molecule has 1 heterocycles. The van der Waals surface area contributed by atoms with Crippen molar-refractivity contribution < 1.29 is 22.7 Å². The molecule has 0 saturated heterocycles. The molecule has 1 amide bonds. The Kier molecular flexibility index (Phi) is 5.25. The highest BCUT2D eigenvalue weighted by Gasteiger charge is 2.15. The summed E-state index contributed by atoms with van der Waals surface area (Å²) in [4.78, 5) is 11.8. The van der Waals surface area contributed by atoms with Crippen LogP contribution in [0.25, 0.3) is 0 Å². The fourth-order valence-corrected chi connectivity index (χ4v) is 2.55. The molecule has 0 aromatic heterocycles. The summed E-state index contributed by atoms with van der Waals surface area (Å²) in [5.74, 6) is 1.15. The van der Waals surface area contributed by atoms with Gasteiger partial charge < -0.3 is 14.8 Å². The molecule has 0 fully saturated rings. The average molecular weight is 328 g/mol. The number of hydrogen-bond donors (Lipinski definition) is 2. The van der Waals surface area contributed by atoms with Crippen molar-refractivity contribution in [3.8, 4) is 11.5 Å². The smallest absolute Gasteiger partial charge is 0.221 e. The second-order valence-electron chi connectivity index (χ2n) is 5.11. The second-order valence-corrected chi connectivity index (χ2v) is 6.94. The van der Waals surface area contributed by atoms with Gasteiger partial charge in [0, 0.05) is 13.0 Å². The lowest BCUT2D eigenvalue weighted by molar-refractivity contribution is -0.121. The van der Waals surface area contributed by atoms with Crippen LogP contribution < -0.4 is 19.5 Å². The largest absolute Gasteiger partial charge is 0.486 e. The highest BCUT2D eigenvalue weighted by Crippen LogP contribution is 2.32. The molecular weight excluding hydrogens is 308 g/mol. The fraction of sp³-hybridized carbons (Fsp3) is 0.500. The molecule has 22 heavy (non-hydrogen) atoms. The predicted molar refractivity (Wildman–Crippen MR) is 81.5 cm³/mol. The minimum atomic E-state index is -3.27. The summed E-state index contributed by atoms with van der Waals surface area (Å²) in [5, 5.41) is 2.82. The maximum atomic E-state index is 11.8. The van der Waals surface area contributed by atoms with Crippen LogP contribution >= 0.6 is 0 Å². The lowest BCUT2D eigenvalue weighted by atomic mass is 10.1. The molecule has 0 aliphatic carbocycles. The van der Waals surface area contributed by atoms with Gasteiger partial charge in [-0.1, -0.05) is 6.07 Å². The summed E-state index contributed by atoms with van der Waals surface area (Å²) in [6, 6.07) is 5.32. The van der Waals surface area contributed by atoms with Gasteiger partial charge in [-0.25, -0.2) is 13.1 Å². The Morgan fingerprint density at radius 3 is 2.64 bits per heavy atom. The first kappa shape index (κ1) is 16.6. The summed E-state index contributed by atoms with van der Waals surface area (Å²) in [6.07, 6.45) is 1.14. The van der Waals surface area contributed by atoms with Gasteiger partial charge in [0.1, 0.15) is 13.2 Å². The summed E-state index contributed by atoms with van der Waals surface area (Å²) >= 11 is 0. The molecule has 122 valence electrons. The quantitative estimate of drug-likeness (QED) is 0.796. The number of hydrogen-bond acceptors (Lipinski definition) is 5. The Bertz CT molecular complexity index is 645. The van der Waals surface area contributed by atoms with Crippen molar-refractivity contribution in [3.05, 3.63) is 23.8 Å². The number of amides is 1. The molecule has 1 aliphatic heterocycles. The molecule has 2 N–H and O–H groups in total. The molecule has 0 saturated carbocycles. The van der Waals surface area contributed by atoms with Crippen molar-refractivity contribution in [2.24, 2.45) is 0 Å². The maximum Gasteiger partial charge on any atom is 0.221 e. The van der Waals surface area contributed by atoms with Gasteiger partial charge in [0.2, 0.25) is 15.9 Å². The van der Waals surface area contributed by atoms with E-state index in [4.69, 9.17) is 9.47 Å². The third-order valence-corrected chi connectivity index (χ3v) is 3.89. The zero-order valence-corrected chi connectivity index (χ0v) is 13.4. The molecule has 1 atom stereocenters. The number of benzene rings is 1. The topological polar surface area (TPSA) is 93.7 Å². The number of carbonyl (C=O) groups is 1. The normalized spacial score (nSPS) is 15.2. The molecule has 7 nitrogen and oxygen atoms in total. The average Bonchev–Trinajstić information content (AvgIpc) is 2.45. The Morgan fingerprint density at radius 1 is 1.27 bits per heavy atom. The Hall–Kier alpha value is -1.80. The SMILES string of the molecule is CC(NC(=O)CCNS(C)(=O)=O)c1ccc2c(c1)OCCO2. The lowest BCUT2D eigenvalue weighted by Crippen LogP contribution is -2.31. The van der Waals surface area contributed by atoms with Gasteiger partial charge in [-0.2, -0.15) is 0 Å². The van der Waals surface area contributed by atoms with Crippen LogP contribution in [0.4, 0.5) is 0 Å². The van der Waals surface area contributed by atoms with Crippen molar-refractivity contribution in [2.75, 3.05) is 26.0 Å². The molecule has 2 rings (SSSR count). The molecule has 1 aromatic carbocycles. The first-order chi connectivity index (χ1) is 10.3. The van der Waals surface area contributed by atoms with Gasteiger partial charge in [0.15, 0.2) is 11.5 Å². The monoisotopic (exact) mass is 328 g/mol. The van der Waals surface area contributed by atoms with E-state index in [1.807, 2.05) is 25.1 Å². The van der Waals surface area contributed by atoms with Gasteiger partial charge >= 0.3 is 0 Å². The van der Waals surface area contributed by atoms with Crippen LogP contribution in [0.3, 0.4) is 0 Å². The summed E-state index contributed by atoms with van der Waals surface area (Å²) in [5.41, 5.74) is 0.897. The van der Waals surface area contributed by atoms with Crippen LogP contribution in [0.2, 0.25) is 0 Å². The molecule has 1 unspecified atom stereocenters. The van der Waals surface area contributed by atoms with Crippen LogP contribution in [-0.2, 0) is 14.8 Å². The molecule has 8 heteroatoms. The van der Waals surface area contributed by atoms with E-state index >= 15 is 0 Å². The standard InChI is InChI=1S/C14H20N2O5S/c1-10(16-14(17)5-6-15-22(2,18)19)11-3-4-12-13(9-11)21-8-7-20-12/h3-4,9-10,15H,5-8H2,1-2H3,(H,16,17). The van der Waals surface area contributed by atoms with Gasteiger partial charge in [-0.15, -0.1) is 0 Å². The predicted octanol–water partition coefficient (Wildman–Crippen LogP) is 0.574. The number of nitrogens with one attached hydrogen (secondary N) is 2. The van der Waals surface area contributed by atoms with E-state index in [9.17, 15) is 13.2 Å². The first-order valence-electron chi connectivity index (χ1n) is 6.99. The number of carbonyl (C=O) groups excluding carboxylic acids is 1. The second kappa shape index (κ2) is 6.97. The van der Waals surface area contributed by atoms with Crippen molar-refractivity contribution in [3.63, 3.8) is 0 Å². The molecule has 1 aromatic rings. The van der Waals surface area contributed by atoms with E-state index in [0.29, 0.717) is 24.7 Å². The molecule has 1 aliphatic rings. The van der Waals surface area contributed by atoms with Gasteiger partial charge in [-0.3, -0.25) is 4.79 Å². The maximum absolute atomic E-state index is 11.8. The third-order valence-electron chi connectivity index (χ3n) is 3.16. The molecular formula is C14H20N2O5S. The number of ether oxygens (including phenoxy) is 2. The summed E-state index contributed by atoms with van der Waals surface area (Å²) in [7, 11) is -3.27. The van der Waals surface area contributed by atoms with Gasteiger partial charge in [0.05, 0.1) is 12.3 Å². The first-order valence-corrected chi connectivity index (χ1v) is 8.88. The van der Waals surface area contributed by atoms with Crippen LogP contribution in [0.5, 0.6) is 11.5 Å². The van der Waals surface area contributed by atoms with E-state index in [0.717, 1.165) is 11.8 Å². The van der Waals surface area contributed by atoms with E-state index in [2.05, 4.69) is 10.0 Å². The number of sulfonamides is 1. The van der Waals surface area contributed by atoms with Crippen LogP contribution in [-0.4, -0.2) is 40.3 Å². The van der Waals surface area contributed by atoms with Crippen molar-refractivity contribution >= 4 is 15.9 Å². The van der Waals surface area contributed by atoms with E-state index in [1.54, 1.807) is 0 Å². The van der Waals surface area contributed by atoms with Crippen LogP contribution in [0.15, 0.2) is 18.2 Å². The van der Waals surface area contributed by atoms with E-state index in [-0.39, 0.29) is 24.9 Å². The van der Waals surface area contributed by atoms with Gasteiger partial charge in [0.25, 0.3) is 0 Å². The fourth-order valence-electron chi connectivity index (χ4n) is 2.08. The van der Waals surface area contributed by atoms with Crippen molar-refractivity contribution in [1.29, 1.82) is 0 Å². The number of fused-ring (bicyclic) bond motifs is 1. The summed E-state index contributed by atoms with van der Waals surface area (Å²) in [6.45, 7) is 2.98. The van der Waals surface area contributed by atoms with Crippen molar-refractivity contribution in [2.45, 2.75) is 19.4 Å². The highest BCUT2D eigenvalue weighted by atomic mass is 32.2. The Balaban J connectivity index is 1.89. The van der Waals surface area contributed by atoms with Crippen LogP contribution in [0, 0.1) is 0 Å². The summed E-state index contributed by atoms with van der Waals surface area (Å²) < 4.78 is 35.1. The molecule has 0 radical (unpaired) electrons. The zero-order chi connectivity index (χ0) is 16.2. The molecule has 0 spiro atoms. The van der Waals surface area contributed by atoms with Crippen molar-refractivity contribution in [1.82, 2.24) is 10.0 Å². The lowest BCUT2D eigenvalue weighted by Gasteiger charge is -2.21. The molecule has 0 bridgehead atoms. The minimum Gasteiger partial charge on any atom is -0.486 e. The Morgan fingerprint density at radius 2 is 1.95 bits per heavy atom. The van der Waals surface area contributed by atoms with Gasteiger partial charge in [-0.05, 0) is 24.6 Å². The highest BCUT2D eigenvalue weighted by molar-refractivity contribution is 7.88. The minimum absolute atomic E-state index is 0.0819. The van der Waals surface area contributed by atoms with Crippen LogP contribution in [0.1, 0.15) is 24.9 Å².